The van der Waals surface area contributed by atoms with E-state index in [4.69, 9.17) is 5.11 Å². The largest absolute Gasteiger partial charge is 0.480 e. The minimum atomic E-state index is -0.983. The molecule has 2 N–H and O–H groups in total. The lowest BCUT2D eigenvalue weighted by molar-refractivity contribution is -0.138. The fraction of sp³-hybridized carbons (Fsp3) is 0.500. The third kappa shape index (κ3) is 3.61. The molecule has 0 radical (unpaired) electrons. The first-order valence-electron chi connectivity index (χ1n) is 7.38. The second kappa shape index (κ2) is 6.72. The zero-order valence-corrected chi connectivity index (χ0v) is 12.6. The third-order valence-corrected chi connectivity index (χ3v) is 4.03. The van der Waals surface area contributed by atoms with Crippen molar-refractivity contribution in [2.75, 3.05) is 13.1 Å². The standard InChI is InChI=1S/C16H22N2O3/c1-3-11(2)18(10-15(19)20)16(21)13-5-4-12-6-7-17-9-14(12)8-13/h4-5,8,11,17H,3,6-7,9-10H2,1-2H3,(H,19,20). The number of hydrogen-bond donors (Lipinski definition) is 2. The zero-order valence-electron chi connectivity index (χ0n) is 12.6. The average molecular weight is 290 g/mol. The van der Waals surface area contributed by atoms with Crippen LogP contribution in [0.4, 0.5) is 0 Å². The molecular formula is C16H22N2O3. The van der Waals surface area contributed by atoms with Gasteiger partial charge in [0, 0.05) is 18.2 Å². The molecule has 114 valence electrons. The summed E-state index contributed by atoms with van der Waals surface area (Å²) in [6, 6.07) is 5.59. The molecule has 0 fully saturated rings. The van der Waals surface area contributed by atoms with Gasteiger partial charge in [0.25, 0.3) is 5.91 Å². The average Bonchev–Trinajstić information content (AvgIpc) is 2.50. The van der Waals surface area contributed by atoms with Gasteiger partial charge in [-0.2, -0.15) is 0 Å². The van der Waals surface area contributed by atoms with E-state index in [0.29, 0.717) is 5.56 Å². The van der Waals surface area contributed by atoms with Gasteiger partial charge in [0.15, 0.2) is 0 Å². The van der Waals surface area contributed by atoms with Gasteiger partial charge >= 0.3 is 5.97 Å². The maximum atomic E-state index is 12.6. The Bertz CT molecular complexity index is 542. The van der Waals surface area contributed by atoms with Crippen molar-refractivity contribution < 1.29 is 14.7 Å². The Kier molecular flexibility index (Phi) is 4.96. The number of nitrogens with one attached hydrogen (secondary N) is 1. The van der Waals surface area contributed by atoms with Crippen molar-refractivity contribution in [2.24, 2.45) is 0 Å². The molecule has 21 heavy (non-hydrogen) atoms. The summed E-state index contributed by atoms with van der Waals surface area (Å²) in [5.41, 5.74) is 2.96. The van der Waals surface area contributed by atoms with E-state index < -0.39 is 5.97 Å². The summed E-state index contributed by atoms with van der Waals surface area (Å²) >= 11 is 0. The van der Waals surface area contributed by atoms with Crippen LogP contribution in [-0.2, 0) is 17.8 Å². The smallest absolute Gasteiger partial charge is 0.323 e. The second-order valence-electron chi connectivity index (χ2n) is 5.49. The molecule has 0 saturated carbocycles. The van der Waals surface area contributed by atoms with Crippen LogP contribution in [0.3, 0.4) is 0 Å². The Labute approximate surface area is 125 Å². The summed E-state index contributed by atoms with van der Waals surface area (Å²) in [4.78, 5) is 25.0. The van der Waals surface area contributed by atoms with Gasteiger partial charge < -0.3 is 15.3 Å². The molecular weight excluding hydrogens is 268 g/mol. The lowest BCUT2D eigenvalue weighted by Gasteiger charge is -2.27. The summed E-state index contributed by atoms with van der Waals surface area (Å²) in [5.74, 6) is -1.19. The summed E-state index contributed by atoms with van der Waals surface area (Å²) in [6.45, 7) is 5.28. The summed E-state index contributed by atoms with van der Waals surface area (Å²) in [7, 11) is 0. The van der Waals surface area contributed by atoms with Gasteiger partial charge in [0.05, 0.1) is 0 Å². The first-order valence-corrected chi connectivity index (χ1v) is 7.38. The predicted molar refractivity (Wildman–Crippen MR) is 80.3 cm³/mol. The Hall–Kier alpha value is -1.88. The number of carbonyl (C=O) groups is 2. The molecule has 0 aromatic heterocycles. The number of rotatable bonds is 5. The van der Waals surface area contributed by atoms with Gasteiger partial charge in [-0.05, 0) is 49.6 Å². The van der Waals surface area contributed by atoms with Crippen molar-refractivity contribution in [1.82, 2.24) is 10.2 Å². The summed E-state index contributed by atoms with van der Waals surface area (Å²) < 4.78 is 0. The Balaban J connectivity index is 2.25. The second-order valence-corrected chi connectivity index (χ2v) is 5.49. The number of aliphatic carboxylic acids is 1. The minimum absolute atomic E-state index is 0.0947. The molecule has 1 heterocycles. The molecule has 1 aliphatic heterocycles. The molecule has 2 rings (SSSR count). The van der Waals surface area contributed by atoms with Gasteiger partial charge in [-0.15, -0.1) is 0 Å². The monoisotopic (exact) mass is 290 g/mol. The van der Waals surface area contributed by atoms with E-state index in [1.54, 1.807) is 0 Å². The fourth-order valence-corrected chi connectivity index (χ4v) is 2.57. The van der Waals surface area contributed by atoms with Crippen LogP contribution in [0.5, 0.6) is 0 Å². The van der Waals surface area contributed by atoms with Crippen LogP contribution in [0, 0.1) is 0 Å². The van der Waals surface area contributed by atoms with E-state index in [2.05, 4.69) is 5.32 Å². The topological polar surface area (TPSA) is 69.6 Å². The molecule has 1 unspecified atom stereocenters. The maximum absolute atomic E-state index is 12.6. The first-order chi connectivity index (χ1) is 10.0. The van der Waals surface area contributed by atoms with Gasteiger partial charge in [0.2, 0.25) is 0 Å². The van der Waals surface area contributed by atoms with Gasteiger partial charge in [0.1, 0.15) is 6.54 Å². The van der Waals surface area contributed by atoms with Crippen molar-refractivity contribution in [3.63, 3.8) is 0 Å². The fourth-order valence-electron chi connectivity index (χ4n) is 2.57. The van der Waals surface area contributed by atoms with Gasteiger partial charge in [-0.1, -0.05) is 13.0 Å². The summed E-state index contributed by atoms with van der Waals surface area (Å²) in [5, 5.41) is 12.3. The number of benzene rings is 1. The lowest BCUT2D eigenvalue weighted by atomic mass is 9.98. The Morgan fingerprint density at radius 3 is 2.81 bits per heavy atom. The third-order valence-electron chi connectivity index (χ3n) is 4.03. The lowest BCUT2D eigenvalue weighted by Crippen LogP contribution is -2.42. The molecule has 0 aliphatic carbocycles. The van der Waals surface area contributed by atoms with Crippen LogP contribution < -0.4 is 5.32 Å². The molecule has 1 aromatic rings. The minimum Gasteiger partial charge on any atom is -0.480 e. The highest BCUT2D eigenvalue weighted by molar-refractivity contribution is 5.96. The zero-order chi connectivity index (χ0) is 15.4. The van der Waals surface area contributed by atoms with Crippen LogP contribution in [0.25, 0.3) is 0 Å². The number of carbonyl (C=O) groups excluding carboxylic acids is 1. The van der Waals surface area contributed by atoms with Crippen molar-refractivity contribution in [1.29, 1.82) is 0 Å². The molecule has 0 spiro atoms. The van der Waals surface area contributed by atoms with Crippen molar-refractivity contribution in [3.05, 3.63) is 34.9 Å². The van der Waals surface area contributed by atoms with E-state index >= 15 is 0 Å². The van der Waals surface area contributed by atoms with E-state index in [1.807, 2.05) is 32.0 Å². The van der Waals surface area contributed by atoms with Crippen LogP contribution in [-0.4, -0.2) is 41.0 Å². The predicted octanol–water partition coefficient (Wildman–Crippen LogP) is 1.66. The van der Waals surface area contributed by atoms with Crippen LogP contribution in [0.1, 0.15) is 41.8 Å². The highest BCUT2D eigenvalue weighted by Gasteiger charge is 2.23. The van der Waals surface area contributed by atoms with Crippen LogP contribution in [0.2, 0.25) is 0 Å². The van der Waals surface area contributed by atoms with Crippen molar-refractivity contribution in [3.8, 4) is 0 Å². The van der Waals surface area contributed by atoms with E-state index in [1.165, 1.54) is 10.5 Å². The molecule has 1 atom stereocenters. The van der Waals surface area contributed by atoms with Crippen LogP contribution in [0.15, 0.2) is 18.2 Å². The van der Waals surface area contributed by atoms with E-state index in [0.717, 1.165) is 31.5 Å². The number of carboxylic acids is 1. The maximum Gasteiger partial charge on any atom is 0.323 e. The highest BCUT2D eigenvalue weighted by atomic mass is 16.4. The molecule has 1 amide bonds. The molecule has 0 bridgehead atoms. The van der Waals surface area contributed by atoms with Gasteiger partial charge in [-0.25, -0.2) is 0 Å². The highest BCUT2D eigenvalue weighted by Crippen LogP contribution is 2.18. The molecule has 5 heteroatoms. The molecule has 1 aromatic carbocycles. The van der Waals surface area contributed by atoms with Crippen molar-refractivity contribution in [2.45, 2.75) is 39.3 Å². The number of nitrogens with zero attached hydrogens (tertiary/aromatic N) is 1. The Morgan fingerprint density at radius 2 is 2.14 bits per heavy atom. The first kappa shape index (κ1) is 15.5. The normalized spacial score (nSPS) is 15.1. The number of carboxylic acid groups (broad SMARTS) is 1. The summed E-state index contributed by atoms with van der Waals surface area (Å²) in [6.07, 6.45) is 1.69. The Morgan fingerprint density at radius 1 is 1.38 bits per heavy atom. The van der Waals surface area contributed by atoms with Gasteiger partial charge in [-0.3, -0.25) is 9.59 Å². The molecule has 0 saturated heterocycles. The molecule has 5 nitrogen and oxygen atoms in total. The van der Waals surface area contributed by atoms with Crippen LogP contribution >= 0.6 is 0 Å². The quantitative estimate of drug-likeness (QED) is 0.865. The SMILES string of the molecule is CCC(C)N(CC(=O)O)C(=O)c1ccc2c(c1)CNCC2. The van der Waals surface area contributed by atoms with E-state index in [-0.39, 0.29) is 18.5 Å². The number of amides is 1. The van der Waals surface area contributed by atoms with Crippen molar-refractivity contribution >= 4 is 11.9 Å². The van der Waals surface area contributed by atoms with E-state index in [9.17, 15) is 9.59 Å². The molecule has 1 aliphatic rings. The number of hydrogen-bond acceptors (Lipinski definition) is 3. The number of fused-ring (bicyclic) bond motifs is 1.